The molecule has 1 aromatic rings. The van der Waals surface area contributed by atoms with Crippen molar-refractivity contribution in [2.75, 3.05) is 25.4 Å². The second kappa shape index (κ2) is 13.8. The summed E-state index contributed by atoms with van der Waals surface area (Å²) < 4.78 is 26.7. The van der Waals surface area contributed by atoms with E-state index in [-0.39, 0.29) is 24.8 Å². The fourth-order valence-corrected chi connectivity index (χ4v) is 5.25. The summed E-state index contributed by atoms with van der Waals surface area (Å²) in [6.07, 6.45) is 1.93. The normalized spacial score (nSPS) is 17.2. The minimum Gasteiger partial charge on any atom is -0.480 e. The number of carboxylic acids is 1. The summed E-state index contributed by atoms with van der Waals surface area (Å²) in [5.74, 6) is -2.83. The van der Waals surface area contributed by atoms with E-state index in [0.29, 0.717) is 32.2 Å². The van der Waals surface area contributed by atoms with Gasteiger partial charge in [0.1, 0.15) is 12.6 Å². The van der Waals surface area contributed by atoms with Crippen LogP contribution in [0.4, 0.5) is 0 Å². The molecule has 36 heavy (non-hydrogen) atoms. The number of nitrogens with zero attached hydrogens (tertiary/aromatic N) is 2. The van der Waals surface area contributed by atoms with E-state index < -0.39 is 52.3 Å². The lowest BCUT2D eigenvalue weighted by atomic mass is 10.0. The highest BCUT2D eigenvalue weighted by Crippen LogP contribution is 2.20. The predicted octanol–water partition coefficient (Wildman–Crippen LogP) is -1.91. The zero-order chi connectivity index (χ0) is 26.7. The fourth-order valence-electron chi connectivity index (χ4n) is 4.01. The first kappa shape index (κ1) is 29.0. The Hall–Kier alpha value is -3.23. The quantitative estimate of drug-likeness (QED) is 0.0904. The van der Waals surface area contributed by atoms with E-state index >= 15 is 0 Å². The highest BCUT2D eigenvalue weighted by Gasteiger charge is 2.37. The van der Waals surface area contributed by atoms with Gasteiger partial charge >= 0.3 is 5.97 Å². The molecule has 1 aromatic carbocycles. The van der Waals surface area contributed by atoms with Crippen molar-refractivity contribution in [1.82, 2.24) is 14.9 Å². The van der Waals surface area contributed by atoms with Gasteiger partial charge < -0.3 is 32.5 Å². The Balaban J connectivity index is 2.06. The number of nitrogens with one attached hydrogen (secondary N) is 2. The van der Waals surface area contributed by atoms with Crippen molar-refractivity contribution in [2.24, 2.45) is 22.2 Å². The molecular formula is C22H35N7O6S. The van der Waals surface area contributed by atoms with Crippen molar-refractivity contribution >= 4 is 33.8 Å². The van der Waals surface area contributed by atoms with E-state index in [4.69, 9.17) is 22.3 Å². The van der Waals surface area contributed by atoms with Gasteiger partial charge in [0.05, 0.1) is 11.8 Å². The molecule has 3 atom stereocenters. The number of aliphatic imine (C=N–C) groups is 1. The molecule has 1 heterocycles. The molecule has 0 spiro atoms. The van der Waals surface area contributed by atoms with E-state index in [1.165, 1.54) is 4.90 Å². The monoisotopic (exact) mass is 525 g/mol. The van der Waals surface area contributed by atoms with E-state index in [2.05, 4.69) is 10.3 Å². The molecule has 0 unspecified atom stereocenters. The molecule has 13 nitrogen and oxygen atoms in total. The lowest BCUT2D eigenvalue weighted by Crippen LogP contribution is -2.54. The van der Waals surface area contributed by atoms with Crippen molar-refractivity contribution in [2.45, 2.75) is 50.2 Å². The van der Waals surface area contributed by atoms with Crippen molar-refractivity contribution in [3.05, 3.63) is 35.9 Å². The molecule has 1 fully saturated rings. The Bertz CT molecular complexity index is 1030. The standard InChI is InChI=1S/C22H35N7O6S/c23-17(12-15-6-2-1-3-7-15)21(33)29-11-5-9-18(29)20(32)28-16(8-4-10-26-22(24)25)14-36(34,35)27-13-19(30)31/h1-3,6-7,16-18,27H,4-5,8-14,23H2,(H,28,32)(H,30,31)(H4,24,25,26)/t16-,17+,18-/m0/s1. The number of hydrogen-bond donors (Lipinski definition) is 6. The van der Waals surface area contributed by atoms with Gasteiger partial charge in [0.25, 0.3) is 0 Å². The van der Waals surface area contributed by atoms with E-state index in [1.807, 2.05) is 35.1 Å². The van der Waals surface area contributed by atoms with Gasteiger partial charge in [-0.3, -0.25) is 19.4 Å². The van der Waals surface area contributed by atoms with Gasteiger partial charge in [0.2, 0.25) is 21.8 Å². The van der Waals surface area contributed by atoms with E-state index in [0.717, 1.165) is 5.56 Å². The highest BCUT2D eigenvalue weighted by atomic mass is 32.2. The number of amides is 2. The average molecular weight is 526 g/mol. The molecule has 1 aliphatic heterocycles. The number of likely N-dealkylation sites (tertiary alicyclic amines) is 1. The summed E-state index contributed by atoms with van der Waals surface area (Å²) in [7, 11) is -4.01. The largest absolute Gasteiger partial charge is 0.480 e. The number of hydrogen-bond acceptors (Lipinski definition) is 7. The van der Waals surface area contributed by atoms with Crippen LogP contribution in [0.5, 0.6) is 0 Å². The maximum absolute atomic E-state index is 13.1. The Kier molecular flexibility index (Phi) is 11.1. The third kappa shape index (κ3) is 9.79. The number of carbonyl (C=O) groups excluding carboxylic acids is 2. The molecule has 200 valence electrons. The molecule has 0 radical (unpaired) electrons. The molecule has 2 amide bonds. The SMILES string of the molecule is NC(N)=NCCC[C@@H](CS(=O)(=O)NCC(=O)O)NC(=O)[C@@H]1CCCN1C(=O)[C@H](N)Cc1ccccc1. The average Bonchev–Trinajstić information content (AvgIpc) is 3.30. The first-order valence-electron chi connectivity index (χ1n) is 11.6. The lowest BCUT2D eigenvalue weighted by molar-refractivity contribution is -0.139. The van der Waals surface area contributed by atoms with Gasteiger partial charge in [0, 0.05) is 19.1 Å². The molecule has 1 aliphatic rings. The summed E-state index contributed by atoms with van der Waals surface area (Å²) >= 11 is 0. The van der Waals surface area contributed by atoms with Crippen LogP contribution in [0.2, 0.25) is 0 Å². The molecule has 0 saturated carbocycles. The summed E-state index contributed by atoms with van der Waals surface area (Å²) in [4.78, 5) is 42.2. The maximum atomic E-state index is 13.1. The third-order valence-corrected chi connectivity index (χ3v) is 7.09. The van der Waals surface area contributed by atoms with Gasteiger partial charge in [-0.2, -0.15) is 0 Å². The Labute approximate surface area is 210 Å². The van der Waals surface area contributed by atoms with Crippen LogP contribution in [0.3, 0.4) is 0 Å². The lowest BCUT2D eigenvalue weighted by Gasteiger charge is -2.28. The topological polar surface area (TPSA) is 223 Å². The molecule has 1 saturated heterocycles. The summed E-state index contributed by atoms with van der Waals surface area (Å²) in [6, 6.07) is 6.85. The fraction of sp³-hybridized carbons (Fsp3) is 0.545. The van der Waals surface area contributed by atoms with Crippen molar-refractivity contribution in [1.29, 1.82) is 0 Å². The van der Waals surface area contributed by atoms with Crippen LogP contribution in [-0.4, -0.2) is 85.7 Å². The number of sulfonamides is 1. The molecule has 2 rings (SSSR count). The second-order valence-corrected chi connectivity index (χ2v) is 10.5. The minimum atomic E-state index is -4.01. The van der Waals surface area contributed by atoms with E-state index in [1.54, 1.807) is 0 Å². The first-order valence-corrected chi connectivity index (χ1v) is 13.3. The van der Waals surface area contributed by atoms with Crippen LogP contribution >= 0.6 is 0 Å². The molecule has 0 aliphatic carbocycles. The summed E-state index contributed by atoms with van der Waals surface area (Å²) in [5.41, 5.74) is 17.7. The summed E-state index contributed by atoms with van der Waals surface area (Å²) in [5, 5.41) is 11.5. The zero-order valence-corrected chi connectivity index (χ0v) is 20.8. The van der Waals surface area contributed by atoms with Gasteiger partial charge in [-0.25, -0.2) is 13.1 Å². The van der Waals surface area contributed by atoms with Gasteiger partial charge in [0.15, 0.2) is 5.96 Å². The number of carbonyl (C=O) groups is 3. The summed E-state index contributed by atoms with van der Waals surface area (Å²) in [6.45, 7) is -0.187. The molecule has 9 N–H and O–H groups in total. The number of nitrogens with two attached hydrogens (primary N) is 3. The Morgan fingerprint density at radius 2 is 1.89 bits per heavy atom. The molecular weight excluding hydrogens is 490 g/mol. The van der Waals surface area contributed by atoms with Crippen molar-refractivity contribution < 1.29 is 27.9 Å². The third-order valence-electron chi connectivity index (χ3n) is 5.67. The van der Waals surface area contributed by atoms with Crippen molar-refractivity contribution in [3.8, 4) is 0 Å². The van der Waals surface area contributed by atoms with Crippen molar-refractivity contribution in [3.63, 3.8) is 0 Å². The number of aliphatic carboxylic acids is 1. The van der Waals surface area contributed by atoms with Gasteiger partial charge in [-0.1, -0.05) is 30.3 Å². The van der Waals surface area contributed by atoms with Crippen LogP contribution in [0.25, 0.3) is 0 Å². The Morgan fingerprint density at radius 1 is 1.19 bits per heavy atom. The minimum absolute atomic E-state index is 0.113. The second-order valence-electron chi connectivity index (χ2n) is 8.64. The Morgan fingerprint density at radius 3 is 2.53 bits per heavy atom. The smallest absolute Gasteiger partial charge is 0.318 e. The van der Waals surface area contributed by atoms with Crippen LogP contribution in [0.15, 0.2) is 35.3 Å². The molecule has 14 heteroatoms. The van der Waals surface area contributed by atoms with Gasteiger partial charge in [-0.05, 0) is 37.7 Å². The van der Waals surface area contributed by atoms with Crippen LogP contribution in [-0.2, 0) is 30.8 Å². The van der Waals surface area contributed by atoms with Crippen LogP contribution < -0.4 is 27.2 Å². The first-order chi connectivity index (χ1) is 17.0. The van der Waals surface area contributed by atoms with E-state index in [9.17, 15) is 22.8 Å². The van der Waals surface area contributed by atoms with Crippen LogP contribution in [0, 0.1) is 0 Å². The predicted molar refractivity (Wildman–Crippen MR) is 134 cm³/mol. The molecule has 0 bridgehead atoms. The number of benzene rings is 1. The highest BCUT2D eigenvalue weighted by molar-refractivity contribution is 7.89. The molecule has 0 aromatic heterocycles. The zero-order valence-electron chi connectivity index (χ0n) is 20.0. The maximum Gasteiger partial charge on any atom is 0.318 e. The van der Waals surface area contributed by atoms with Gasteiger partial charge in [-0.15, -0.1) is 0 Å². The van der Waals surface area contributed by atoms with Crippen LogP contribution in [0.1, 0.15) is 31.2 Å². The number of rotatable bonds is 14. The number of carboxylic acid groups (broad SMARTS) is 1. The number of guanidine groups is 1.